The van der Waals surface area contributed by atoms with Crippen molar-refractivity contribution >= 4 is 0 Å². The van der Waals surface area contributed by atoms with Gasteiger partial charge in [-0.3, -0.25) is 0 Å². The van der Waals surface area contributed by atoms with Crippen LogP contribution in [0.1, 0.15) is 26.3 Å². The predicted octanol–water partition coefficient (Wildman–Crippen LogP) is 2.98. The third kappa shape index (κ3) is 2.96. The molecule has 0 N–H and O–H groups in total. The summed E-state index contributed by atoms with van der Waals surface area (Å²) in [5.74, 6) is 0.717. The first kappa shape index (κ1) is 11.9. The van der Waals surface area contributed by atoms with Crippen LogP contribution in [0.3, 0.4) is 0 Å². The molecule has 0 spiro atoms. The largest absolute Gasteiger partial charge is 0.248 e. The molecule has 2 aromatic rings. The number of nitrogens with zero attached hydrogens (tertiary/aromatic N) is 2. The third-order valence-electron chi connectivity index (χ3n) is 2.94. The van der Waals surface area contributed by atoms with Crippen LogP contribution in [0.5, 0.6) is 0 Å². The zero-order chi connectivity index (χ0) is 12.3. The van der Waals surface area contributed by atoms with E-state index >= 15 is 0 Å². The minimum atomic E-state index is 0.717. The molecule has 2 rings (SSSR count). The quantitative estimate of drug-likeness (QED) is 0.713. The monoisotopic (exact) mass is 229 g/mol. The molecule has 2 nitrogen and oxygen atoms in total. The van der Waals surface area contributed by atoms with Gasteiger partial charge >= 0.3 is 0 Å². The Morgan fingerprint density at radius 3 is 2.41 bits per heavy atom. The maximum atomic E-state index is 2.25. The Morgan fingerprint density at radius 1 is 1.18 bits per heavy atom. The molecule has 1 aromatic heterocycles. The van der Waals surface area contributed by atoms with Crippen LogP contribution in [0.25, 0.3) is 5.69 Å². The Bertz CT molecular complexity index is 466. The smallest absolute Gasteiger partial charge is 0.237 e. The zero-order valence-corrected chi connectivity index (χ0v) is 10.9. The average molecular weight is 229 g/mol. The highest BCUT2D eigenvalue weighted by molar-refractivity contribution is 5.34. The van der Waals surface area contributed by atoms with Gasteiger partial charge in [-0.25, -0.2) is 9.13 Å². The minimum absolute atomic E-state index is 0.717. The van der Waals surface area contributed by atoms with Crippen LogP contribution < -0.4 is 4.57 Å². The fraction of sp³-hybridized carbons (Fsp3) is 0.400. The standard InChI is InChI=1S/C15H21N2/c1-4-16-9-10-17(12-16)15-7-5-14(6-8-15)11-13(2)3/h5-10,12-13H,4,11H2,1-3H3/q+1. The maximum absolute atomic E-state index is 2.25. The molecule has 0 amide bonds. The molecular weight excluding hydrogens is 208 g/mol. The maximum Gasteiger partial charge on any atom is 0.248 e. The predicted molar refractivity (Wildman–Crippen MR) is 70.2 cm³/mol. The van der Waals surface area contributed by atoms with Gasteiger partial charge in [-0.2, -0.15) is 0 Å². The van der Waals surface area contributed by atoms with Gasteiger partial charge in [0.15, 0.2) is 0 Å². The van der Waals surface area contributed by atoms with Gasteiger partial charge in [-0.1, -0.05) is 26.0 Å². The van der Waals surface area contributed by atoms with E-state index in [-0.39, 0.29) is 0 Å². The summed E-state index contributed by atoms with van der Waals surface area (Å²) in [6.45, 7) is 7.67. The van der Waals surface area contributed by atoms with E-state index in [0.717, 1.165) is 18.9 Å². The highest BCUT2D eigenvalue weighted by Crippen LogP contribution is 2.12. The molecule has 1 aromatic carbocycles. The molecule has 0 bridgehead atoms. The normalized spacial score (nSPS) is 11.1. The van der Waals surface area contributed by atoms with Crippen molar-refractivity contribution in [3.05, 3.63) is 48.5 Å². The molecule has 0 unspecified atom stereocenters. The molecule has 0 atom stereocenters. The Balaban J connectivity index is 2.17. The van der Waals surface area contributed by atoms with Gasteiger partial charge in [0.05, 0.1) is 6.54 Å². The summed E-state index contributed by atoms with van der Waals surface area (Å²) in [6, 6.07) is 8.84. The van der Waals surface area contributed by atoms with Gasteiger partial charge in [-0.05, 0) is 37.0 Å². The molecule has 0 aliphatic rings. The Kier molecular flexibility index (Phi) is 3.62. The molecule has 2 heteroatoms. The first-order valence-corrected chi connectivity index (χ1v) is 6.35. The van der Waals surface area contributed by atoms with Crippen LogP contribution in [0, 0.1) is 5.92 Å². The first-order chi connectivity index (χ1) is 8.19. The lowest BCUT2D eigenvalue weighted by Crippen LogP contribution is -2.28. The Labute approximate surface area is 104 Å². The average Bonchev–Trinajstić information content (AvgIpc) is 2.78. The van der Waals surface area contributed by atoms with Gasteiger partial charge < -0.3 is 0 Å². The molecule has 90 valence electrons. The zero-order valence-electron chi connectivity index (χ0n) is 10.9. The summed E-state index contributed by atoms with van der Waals surface area (Å²) >= 11 is 0. The van der Waals surface area contributed by atoms with Crippen LogP contribution in [0.2, 0.25) is 0 Å². The minimum Gasteiger partial charge on any atom is -0.237 e. The fourth-order valence-electron chi connectivity index (χ4n) is 2.01. The van der Waals surface area contributed by atoms with Crippen molar-refractivity contribution in [3.63, 3.8) is 0 Å². The van der Waals surface area contributed by atoms with E-state index < -0.39 is 0 Å². The Morgan fingerprint density at radius 2 is 1.88 bits per heavy atom. The van der Waals surface area contributed by atoms with Crippen LogP contribution >= 0.6 is 0 Å². The molecule has 0 saturated heterocycles. The van der Waals surface area contributed by atoms with E-state index in [2.05, 4.69) is 72.9 Å². The van der Waals surface area contributed by atoms with Crippen LogP contribution in [0.4, 0.5) is 0 Å². The van der Waals surface area contributed by atoms with Gasteiger partial charge in [-0.15, -0.1) is 0 Å². The summed E-state index contributed by atoms with van der Waals surface area (Å²) in [5.41, 5.74) is 2.64. The van der Waals surface area contributed by atoms with Crippen LogP contribution in [0.15, 0.2) is 43.0 Å². The number of benzene rings is 1. The van der Waals surface area contributed by atoms with E-state index in [4.69, 9.17) is 0 Å². The summed E-state index contributed by atoms with van der Waals surface area (Å²) in [7, 11) is 0. The van der Waals surface area contributed by atoms with E-state index in [1.807, 2.05) is 0 Å². The van der Waals surface area contributed by atoms with E-state index in [0.29, 0.717) is 0 Å². The van der Waals surface area contributed by atoms with E-state index in [1.54, 1.807) is 0 Å². The number of hydrogen-bond donors (Lipinski definition) is 0. The fourth-order valence-corrected chi connectivity index (χ4v) is 2.01. The van der Waals surface area contributed by atoms with Crippen molar-refractivity contribution in [2.75, 3.05) is 0 Å². The van der Waals surface area contributed by atoms with Crippen molar-refractivity contribution in [1.29, 1.82) is 0 Å². The molecule has 17 heavy (non-hydrogen) atoms. The van der Waals surface area contributed by atoms with Crippen LogP contribution in [-0.2, 0) is 13.0 Å². The molecule has 1 heterocycles. The van der Waals surface area contributed by atoms with Gasteiger partial charge in [0, 0.05) is 0 Å². The Hall–Kier alpha value is -1.57. The lowest BCUT2D eigenvalue weighted by Gasteiger charge is -2.04. The number of hydrogen-bond acceptors (Lipinski definition) is 0. The summed E-state index contributed by atoms with van der Waals surface area (Å²) < 4.78 is 4.32. The van der Waals surface area contributed by atoms with E-state index in [1.165, 1.54) is 11.3 Å². The molecule has 0 aliphatic heterocycles. The molecule has 0 fully saturated rings. The summed E-state index contributed by atoms with van der Waals surface area (Å²) in [6.07, 6.45) is 7.47. The molecule has 0 radical (unpaired) electrons. The lowest BCUT2D eigenvalue weighted by molar-refractivity contribution is -0.692. The second-order valence-electron chi connectivity index (χ2n) is 4.92. The van der Waals surface area contributed by atoms with Crippen molar-refractivity contribution in [2.24, 2.45) is 5.92 Å². The highest BCUT2D eigenvalue weighted by Gasteiger charge is 2.05. The van der Waals surface area contributed by atoms with Crippen molar-refractivity contribution in [3.8, 4) is 5.69 Å². The van der Waals surface area contributed by atoms with Crippen molar-refractivity contribution < 1.29 is 4.57 Å². The van der Waals surface area contributed by atoms with Crippen molar-refractivity contribution in [2.45, 2.75) is 33.7 Å². The first-order valence-electron chi connectivity index (χ1n) is 6.35. The number of aromatic nitrogens is 2. The van der Waals surface area contributed by atoms with Crippen molar-refractivity contribution in [1.82, 2.24) is 4.57 Å². The molecule has 0 aliphatic carbocycles. The van der Waals surface area contributed by atoms with Gasteiger partial charge in [0.25, 0.3) is 0 Å². The third-order valence-corrected chi connectivity index (χ3v) is 2.94. The second kappa shape index (κ2) is 5.17. The van der Waals surface area contributed by atoms with Crippen LogP contribution in [-0.4, -0.2) is 4.57 Å². The number of imidazole rings is 1. The van der Waals surface area contributed by atoms with Gasteiger partial charge in [0.2, 0.25) is 6.33 Å². The molecular formula is C15H21N2+. The summed E-state index contributed by atoms with van der Waals surface area (Å²) in [4.78, 5) is 0. The second-order valence-corrected chi connectivity index (χ2v) is 4.92. The number of rotatable bonds is 4. The highest BCUT2D eigenvalue weighted by atomic mass is 15.1. The van der Waals surface area contributed by atoms with E-state index in [9.17, 15) is 0 Å². The number of aryl methyl sites for hydroxylation is 1. The summed E-state index contributed by atoms with van der Waals surface area (Å²) in [5, 5.41) is 0. The van der Waals surface area contributed by atoms with Gasteiger partial charge in [0.1, 0.15) is 18.1 Å². The lowest BCUT2D eigenvalue weighted by atomic mass is 10.0. The SMILES string of the molecule is CC[n+]1ccn(-c2ccc(CC(C)C)cc2)c1. The topological polar surface area (TPSA) is 8.81 Å². The molecule has 0 saturated carbocycles.